The van der Waals surface area contributed by atoms with E-state index >= 15 is 0 Å². The maximum absolute atomic E-state index is 3.54. The molecule has 0 bridgehead atoms. The average molecular weight is 286 g/mol. The first kappa shape index (κ1) is 13.0. The summed E-state index contributed by atoms with van der Waals surface area (Å²) in [5.74, 6) is 0. The van der Waals surface area contributed by atoms with E-state index in [1.165, 1.54) is 39.0 Å². The van der Waals surface area contributed by atoms with Gasteiger partial charge in [0.2, 0.25) is 0 Å². The van der Waals surface area contributed by atoms with Gasteiger partial charge in [-0.3, -0.25) is 0 Å². The molecule has 4 rings (SSSR count). The summed E-state index contributed by atoms with van der Waals surface area (Å²) in [7, 11) is 0. The molecule has 2 aromatic carbocycles. The van der Waals surface area contributed by atoms with Gasteiger partial charge in [-0.15, -0.1) is 0 Å². The van der Waals surface area contributed by atoms with Crippen molar-refractivity contribution in [1.82, 2.24) is 4.98 Å². The molecule has 0 unspecified atom stereocenters. The maximum Gasteiger partial charge on any atom is 0.0517 e. The minimum absolute atomic E-state index is 0.967. The van der Waals surface area contributed by atoms with Gasteiger partial charge in [-0.05, 0) is 30.2 Å². The van der Waals surface area contributed by atoms with Crippen LogP contribution in [0.1, 0.15) is 23.6 Å². The van der Waals surface area contributed by atoms with Crippen LogP contribution in [0.3, 0.4) is 0 Å². The molecule has 2 heteroatoms. The molecule has 0 fully saturated rings. The molecule has 108 valence electrons. The van der Waals surface area contributed by atoms with Gasteiger partial charge in [-0.1, -0.05) is 48.6 Å². The van der Waals surface area contributed by atoms with E-state index in [0.717, 1.165) is 6.42 Å². The number of allylic oxidation sites excluding steroid dienone is 3. The standard InChI is InChI=1S/C20H18N2/c1-2-3-4-8-15-13-21-20-16(15)10-11-19-17(20)12-14-7-5-6-9-18(14)22-19/h2-11,13,21-22H,12H2,1H3/b3-2-,8-4-. The van der Waals surface area contributed by atoms with Gasteiger partial charge in [0.15, 0.2) is 0 Å². The van der Waals surface area contributed by atoms with Gasteiger partial charge in [0.05, 0.1) is 5.52 Å². The second-order valence-electron chi connectivity index (χ2n) is 5.60. The Morgan fingerprint density at radius 3 is 2.82 bits per heavy atom. The van der Waals surface area contributed by atoms with Crippen molar-refractivity contribution in [2.45, 2.75) is 13.3 Å². The van der Waals surface area contributed by atoms with Gasteiger partial charge in [-0.2, -0.15) is 0 Å². The summed E-state index contributed by atoms with van der Waals surface area (Å²) in [5, 5.41) is 4.82. The van der Waals surface area contributed by atoms with Crippen molar-refractivity contribution in [3.8, 4) is 0 Å². The number of rotatable bonds is 2. The number of aromatic amines is 1. The summed E-state index contributed by atoms with van der Waals surface area (Å²) in [4.78, 5) is 3.46. The molecule has 0 saturated heterocycles. The lowest BCUT2D eigenvalue weighted by molar-refractivity contribution is 1.17. The third kappa shape index (κ3) is 2.04. The van der Waals surface area contributed by atoms with Crippen molar-refractivity contribution < 1.29 is 0 Å². The predicted molar refractivity (Wildman–Crippen MR) is 94.7 cm³/mol. The SMILES string of the molecule is C/C=C\C=C/c1c[nH]c2c3c(ccc12)Nc1ccccc1C3. The number of benzene rings is 2. The molecule has 22 heavy (non-hydrogen) atoms. The average Bonchev–Trinajstić information content (AvgIpc) is 2.97. The zero-order valence-corrected chi connectivity index (χ0v) is 12.6. The summed E-state index contributed by atoms with van der Waals surface area (Å²) in [6.45, 7) is 2.03. The molecule has 0 amide bonds. The van der Waals surface area contributed by atoms with Crippen LogP contribution >= 0.6 is 0 Å². The van der Waals surface area contributed by atoms with Crippen LogP contribution in [0.2, 0.25) is 0 Å². The lowest BCUT2D eigenvalue weighted by Crippen LogP contribution is -2.06. The number of para-hydroxylation sites is 1. The number of anilines is 2. The predicted octanol–water partition coefficient (Wildman–Crippen LogP) is 5.41. The van der Waals surface area contributed by atoms with Crippen LogP contribution in [0, 0.1) is 0 Å². The zero-order valence-electron chi connectivity index (χ0n) is 12.6. The lowest BCUT2D eigenvalue weighted by Gasteiger charge is -2.22. The van der Waals surface area contributed by atoms with E-state index in [4.69, 9.17) is 0 Å². The van der Waals surface area contributed by atoms with Crippen molar-refractivity contribution in [1.29, 1.82) is 0 Å². The Morgan fingerprint density at radius 2 is 1.91 bits per heavy atom. The van der Waals surface area contributed by atoms with Gasteiger partial charge in [0.25, 0.3) is 0 Å². The number of fused-ring (bicyclic) bond motifs is 4. The number of hydrogen-bond donors (Lipinski definition) is 2. The zero-order chi connectivity index (χ0) is 14.9. The molecule has 0 saturated carbocycles. The molecule has 0 atom stereocenters. The second kappa shape index (κ2) is 5.23. The Labute approximate surface area is 130 Å². The highest BCUT2D eigenvalue weighted by atomic mass is 14.9. The molecule has 0 aliphatic carbocycles. The van der Waals surface area contributed by atoms with E-state index < -0.39 is 0 Å². The van der Waals surface area contributed by atoms with Crippen LogP contribution < -0.4 is 5.32 Å². The number of hydrogen-bond acceptors (Lipinski definition) is 1. The molecule has 0 spiro atoms. The third-order valence-corrected chi connectivity index (χ3v) is 4.23. The normalized spacial score (nSPS) is 13.5. The van der Waals surface area contributed by atoms with Crippen molar-refractivity contribution in [3.63, 3.8) is 0 Å². The van der Waals surface area contributed by atoms with E-state index in [2.05, 4.69) is 71.1 Å². The Hall–Kier alpha value is -2.74. The van der Waals surface area contributed by atoms with Crippen LogP contribution in [0.25, 0.3) is 17.0 Å². The monoisotopic (exact) mass is 286 g/mol. The number of nitrogens with one attached hydrogen (secondary N) is 2. The summed E-state index contributed by atoms with van der Waals surface area (Å²) in [6.07, 6.45) is 11.4. The quantitative estimate of drug-likeness (QED) is 0.474. The summed E-state index contributed by atoms with van der Waals surface area (Å²) < 4.78 is 0. The molecule has 0 radical (unpaired) electrons. The number of H-pyrrole nitrogens is 1. The third-order valence-electron chi connectivity index (χ3n) is 4.23. The summed E-state index contributed by atoms with van der Waals surface area (Å²) in [5.41, 5.74) is 7.59. The molecule has 3 aromatic rings. The minimum atomic E-state index is 0.967. The van der Waals surface area contributed by atoms with Crippen LogP contribution in [0.15, 0.2) is 60.8 Å². The Kier molecular flexibility index (Phi) is 3.08. The Morgan fingerprint density at radius 1 is 1.00 bits per heavy atom. The molecule has 1 aliphatic rings. The van der Waals surface area contributed by atoms with E-state index in [1.54, 1.807) is 0 Å². The van der Waals surface area contributed by atoms with Crippen LogP contribution in [0.4, 0.5) is 11.4 Å². The first-order valence-electron chi connectivity index (χ1n) is 7.64. The van der Waals surface area contributed by atoms with E-state index in [-0.39, 0.29) is 0 Å². The Bertz CT molecular complexity index is 897. The summed E-state index contributed by atoms with van der Waals surface area (Å²) >= 11 is 0. The first-order chi connectivity index (χ1) is 10.9. The summed E-state index contributed by atoms with van der Waals surface area (Å²) in [6, 6.07) is 12.9. The molecular weight excluding hydrogens is 268 g/mol. The van der Waals surface area contributed by atoms with Crippen LogP contribution in [-0.4, -0.2) is 4.98 Å². The highest BCUT2D eigenvalue weighted by Crippen LogP contribution is 2.37. The highest BCUT2D eigenvalue weighted by Gasteiger charge is 2.18. The van der Waals surface area contributed by atoms with Gasteiger partial charge in [-0.25, -0.2) is 0 Å². The fourth-order valence-electron chi connectivity index (χ4n) is 3.12. The Balaban J connectivity index is 1.82. The topological polar surface area (TPSA) is 27.8 Å². The van der Waals surface area contributed by atoms with Crippen LogP contribution in [-0.2, 0) is 6.42 Å². The van der Waals surface area contributed by atoms with Crippen LogP contribution in [0.5, 0.6) is 0 Å². The van der Waals surface area contributed by atoms with Gasteiger partial charge >= 0.3 is 0 Å². The molecule has 1 aliphatic heterocycles. The van der Waals surface area contributed by atoms with Gasteiger partial charge in [0, 0.05) is 34.9 Å². The van der Waals surface area contributed by atoms with Crippen molar-refractivity contribution >= 4 is 28.4 Å². The fraction of sp³-hybridized carbons (Fsp3) is 0.100. The smallest absolute Gasteiger partial charge is 0.0517 e. The van der Waals surface area contributed by atoms with Crippen molar-refractivity contribution in [2.75, 3.05) is 5.32 Å². The fourth-order valence-corrected chi connectivity index (χ4v) is 3.12. The van der Waals surface area contributed by atoms with E-state index in [1.807, 2.05) is 13.0 Å². The molecular formula is C20H18N2. The molecule has 2 heterocycles. The van der Waals surface area contributed by atoms with E-state index in [0.29, 0.717) is 0 Å². The minimum Gasteiger partial charge on any atom is -0.360 e. The largest absolute Gasteiger partial charge is 0.360 e. The molecule has 2 N–H and O–H groups in total. The molecule has 1 aromatic heterocycles. The van der Waals surface area contributed by atoms with E-state index in [9.17, 15) is 0 Å². The van der Waals surface area contributed by atoms with Gasteiger partial charge in [0.1, 0.15) is 0 Å². The van der Waals surface area contributed by atoms with Crippen molar-refractivity contribution in [2.24, 2.45) is 0 Å². The maximum atomic E-state index is 3.54. The highest BCUT2D eigenvalue weighted by molar-refractivity contribution is 5.96. The molecule has 2 nitrogen and oxygen atoms in total. The second-order valence-corrected chi connectivity index (χ2v) is 5.60. The number of aromatic nitrogens is 1. The van der Waals surface area contributed by atoms with Gasteiger partial charge < -0.3 is 10.3 Å². The van der Waals surface area contributed by atoms with Crippen molar-refractivity contribution in [3.05, 3.63) is 77.5 Å². The first-order valence-corrected chi connectivity index (χ1v) is 7.64. The lowest BCUT2D eigenvalue weighted by atomic mass is 9.95.